The highest BCUT2D eigenvalue weighted by Crippen LogP contribution is 2.24. The lowest BCUT2D eigenvalue weighted by Crippen LogP contribution is -2.24. The Morgan fingerprint density at radius 2 is 1.57 bits per heavy atom. The van der Waals surface area contributed by atoms with Gasteiger partial charge in [-0.05, 0) is 42.7 Å². The Morgan fingerprint density at radius 1 is 1.00 bits per heavy atom. The lowest BCUT2D eigenvalue weighted by atomic mass is 10.1. The van der Waals surface area contributed by atoms with Gasteiger partial charge in [0.05, 0.1) is 4.90 Å². The second-order valence-electron chi connectivity index (χ2n) is 5.00. The zero-order valence-electron chi connectivity index (χ0n) is 12.5. The molecular weight excluding hydrogens is 284 g/mol. The molecule has 2 aromatic carbocycles. The standard InChI is InChI=1S/C16H20N2O2S/c1-12-9-15(17-3)10-13(2)16(12)21(19,20)18-11-14-7-5-4-6-8-14/h4-10,17-18H,11H2,1-3H3. The molecule has 0 atom stereocenters. The van der Waals surface area contributed by atoms with Crippen LogP contribution < -0.4 is 10.0 Å². The fourth-order valence-electron chi connectivity index (χ4n) is 2.36. The maximum Gasteiger partial charge on any atom is 0.241 e. The minimum Gasteiger partial charge on any atom is -0.388 e. The topological polar surface area (TPSA) is 58.2 Å². The largest absolute Gasteiger partial charge is 0.388 e. The van der Waals surface area contributed by atoms with Crippen molar-refractivity contribution in [2.75, 3.05) is 12.4 Å². The van der Waals surface area contributed by atoms with Gasteiger partial charge in [-0.15, -0.1) is 0 Å². The van der Waals surface area contributed by atoms with Gasteiger partial charge in [-0.2, -0.15) is 0 Å². The first-order valence-corrected chi connectivity index (χ1v) is 8.25. The molecule has 0 aliphatic rings. The number of sulfonamides is 1. The van der Waals surface area contributed by atoms with E-state index in [2.05, 4.69) is 10.0 Å². The normalized spacial score (nSPS) is 11.4. The zero-order valence-corrected chi connectivity index (χ0v) is 13.3. The molecule has 0 bridgehead atoms. The summed E-state index contributed by atoms with van der Waals surface area (Å²) < 4.78 is 27.7. The summed E-state index contributed by atoms with van der Waals surface area (Å²) in [4.78, 5) is 0.359. The molecule has 0 radical (unpaired) electrons. The molecule has 0 saturated heterocycles. The van der Waals surface area contributed by atoms with Crippen LogP contribution in [0.5, 0.6) is 0 Å². The minimum absolute atomic E-state index is 0.288. The van der Waals surface area contributed by atoms with E-state index in [1.165, 1.54) is 0 Å². The van der Waals surface area contributed by atoms with Crippen LogP contribution in [0.2, 0.25) is 0 Å². The van der Waals surface area contributed by atoms with E-state index in [9.17, 15) is 8.42 Å². The van der Waals surface area contributed by atoms with Crippen LogP contribution >= 0.6 is 0 Å². The Hall–Kier alpha value is -1.85. The van der Waals surface area contributed by atoms with Crippen molar-refractivity contribution in [1.29, 1.82) is 0 Å². The molecule has 0 aliphatic carbocycles. The van der Waals surface area contributed by atoms with Gasteiger partial charge in [0.25, 0.3) is 0 Å². The molecule has 0 aromatic heterocycles. The van der Waals surface area contributed by atoms with Crippen molar-refractivity contribution in [1.82, 2.24) is 4.72 Å². The molecule has 2 N–H and O–H groups in total. The Morgan fingerprint density at radius 3 is 2.10 bits per heavy atom. The molecule has 21 heavy (non-hydrogen) atoms. The highest BCUT2D eigenvalue weighted by atomic mass is 32.2. The number of rotatable bonds is 5. The maximum atomic E-state index is 12.5. The fraction of sp³-hybridized carbons (Fsp3) is 0.250. The van der Waals surface area contributed by atoms with Crippen molar-refractivity contribution in [2.45, 2.75) is 25.3 Å². The van der Waals surface area contributed by atoms with Crippen molar-refractivity contribution in [3.05, 3.63) is 59.2 Å². The summed E-state index contributed by atoms with van der Waals surface area (Å²) >= 11 is 0. The third-order valence-corrected chi connectivity index (χ3v) is 5.03. The number of hydrogen-bond acceptors (Lipinski definition) is 3. The third kappa shape index (κ3) is 3.62. The first-order chi connectivity index (χ1) is 9.94. The summed E-state index contributed by atoms with van der Waals surface area (Å²) in [6, 6.07) is 13.2. The molecule has 2 aromatic rings. The average molecular weight is 304 g/mol. The molecule has 112 valence electrons. The molecular formula is C16H20N2O2S. The first-order valence-electron chi connectivity index (χ1n) is 6.76. The quantitative estimate of drug-likeness (QED) is 0.893. The second kappa shape index (κ2) is 6.28. The molecule has 0 spiro atoms. The molecule has 0 saturated carbocycles. The van der Waals surface area contributed by atoms with E-state index in [1.54, 1.807) is 0 Å². The maximum absolute atomic E-state index is 12.5. The molecule has 0 aliphatic heterocycles. The molecule has 0 amide bonds. The van der Waals surface area contributed by atoms with Gasteiger partial charge in [0, 0.05) is 19.3 Å². The van der Waals surface area contributed by atoms with Crippen LogP contribution in [0.25, 0.3) is 0 Å². The van der Waals surface area contributed by atoms with Gasteiger partial charge in [-0.3, -0.25) is 0 Å². The van der Waals surface area contributed by atoms with Crippen molar-refractivity contribution in [2.24, 2.45) is 0 Å². The van der Waals surface area contributed by atoms with Gasteiger partial charge >= 0.3 is 0 Å². The summed E-state index contributed by atoms with van der Waals surface area (Å²) in [7, 11) is -1.71. The van der Waals surface area contributed by atoms with Crippen LogP contribution in [0, 0.1) is 13.8 Å². The van der Waals surface area contributed by atoms with Crippen LogP contribution in [0.15, 0.2) is 47.4 Å². The predicted octanol–water partition coefficient (Wildman–Crippen LogP) is 2.82. The Bertz CT molecular complexity index is 702. The number of aryl methyl sites for hydroxylation is 2. The summed E-state index contributed by atoms with van der Waals surface area (Å²) in [5.74, 6) is 0. The SMILES string of the molecule is CNc1cc(C)c(S(=O)(=O)NCc2ccccc2)c(C)c1. The summed E-state index contributed by atoms with van der Waals surface area (Å²) in [5, 5.41) is 3.03. The Balaban J connectivity index is 2.28. The first kappa shape index (κ1) is 15.5. The summed E-state index contributed by atoms with van der Waals surface area (Å²) in [6.45, 7) is 3.91. The van der Waals surface area contributed by atoms with E-state index < -0.39 is 10.0 Å². The van der Waals surface area contributed by atoms with Gasteiger partial charge < -0.3 is 5.32 Å². The summed E-state index contributed by atoms with van der Waals surface area (Å²) in [6.07, 6.45) is 0. The Labute approximate surface area is 126 Å². The minimum atomic E-state index is -3.52. The van der Waals surface area contributed by atoms with Gasteiger partial charge in [0.1, 0.15) is 0 Å². The molecule has 0 unspecified atom stereocenters. The monoisotopic (exact) mass is 304 g/mol. The molecule has 0 fully saturated rings. The number of nitrogens with one attached hydrogen (secondary N) is 2. The van der Waals surface area contributed by atoms with Crippen LogP contribution in [-0.2, 0) is 16.6 Å². The van der Waals surface area contributed by atoms with Gasteiger partial charge in [-0.1, -0.05) is 30.3 Å². The third-order valence-electron chi connectivity index (χ3n) is 3.33. The van der Waals surface area contributed by atoms with Gasteiger partial charge in [-0.25, -0.2) is 13.1 Å². The van der Waals surface area contributed by atoms with E-state index in [1.807, 2.05) is 63.4 Å². The van der Waals surface area contributed by atoms with Gasteiger partial charge in [0.2, 0.25) is 10.0 Å². The lowest BCUT2D eigenvalue weighted by Gasteiger charge is -2.14. The molecule has 5 heteroatoms. The molecule has 2 rings (SSSR count). The van der Waals surface area contributed by atoms with E-state index in [-0.39, 0.29) is 6.54 Å². The van der Waals surface area contributed by atoms with Crippen LogP contribution in [0.4, 0.5) is 5.69 Å². The van der Waals surface area contributed by atoms with Crippen molar-refractivity contribution in [3.63, 3.8) is 0 Å². The Kier molecular flexibility index (Phi) is 4.65. The van der Waals surface area contributed by atoms with E-state index >= 15 is 0 Å². The van der Waals surface area contributed by atoms with E-state index in [0.29, 0.717) is 4.90 Å². The molecule has 0 heterocycles. The van der Waals surface area contributed by atoms with E-state index in [4.69, 9.17) is 0 Å². The van der Waals surface area contributed by atoms with E-state index in [0.717, 1.165) is 22.4 Å². The number of anilines is 1. The van der Waals surface area contributed by atoms with Crippen LogP contribution in [-0.4, -0.2) is 15.5 Å². The summed E-state index contributed by atoms with van der Waals surface area (Å²) in [5.41, 5.74) is 3.31. The number of benzene rings is 2. The van der Waals surface area contributed by atoms with Gasteiger partial charge in [0.15, 0.2) is 0 Å². The lowest BCUT2D eigenvalue weighted by molar-refractivity contribution is 0.580. The van der Waals surface area contributed by atoms with Crippen molar-refractivity contribution < 1.29 is 8.42 Å². The van der Waals surface area contributed by atoms with Crippen molar-refractivity contribution in [3.8, 4) is 0 Å². The highest BCUT2D eigenvalue weighted by Gasteiger charge is 2.19. The molecule has 4 nitrogen and oxygen atoms in total. The zero-order chi connectivity index (χ0) is 15.5. The van der Waals surface area contributed by atoms with Crippen molar-refractivity contribution >= 4 is 15.7 Å². The highest BCUT2D eigenvalue weighted by molar-refractivity contribution is 7.89. The average Bonchev–Trinajstić information content (AvgIpc) is 2.45. The smallest absolute Gasteiger partial charge is 0.241 e. The fourth-order valence-corrected chi connectivity index (χ4v) is 3.83. The number of hydrogen-bond donors (Lipinski definition) is 2. The van der Waals surface area contributed by atoms with Crippen LogP contribution in [0.3, 0.4) is 0 Å². The predicted molar refractivity (Wildman–Crippen MR) is 85.9 cm³/mol. The van der Waals surface area contributed by atoms with Crippen LogP contribution in [0.1, 0.15) is 16.7 Å². The second-order valence-corrected chi connectivity index (χ2v) is 6.70.